The molecule has 1 atom stereocenters. The summed E-state index contributed by atoms with van der Waals surface area (Å²) < 4.78 is 0. The van der Waals surface area contributed by atoms with E-state index in [1.807, 2.05) is 36.4 Å². The number of fused-ring (bicyclic) bond motifs is 1. The lowest BCUT2D eigenvalue weighted by molar-refractivity contribution is -0.178. The first-order chi connectivity index (χ1) is 9.70. The Morgan fingerprint density at radius 3 is 2.70 bits per heavy atom. The number of benzene rings is 1. The van der Waals surface area contributed by atoms with Crippen molar-refractivity contribution < 1.29 is 9.63 Å². The highest BCUT2D eigenvalue weighted by atomic mass is 16.7. The van der Waals surface area contributed by atoms with Crippen molar-refractivity contribution in [1.29, 1.82) is 0 Å². The molecule has 5 heteroatoms. The Bertz CT molecular complexity index is 645. The summed E-state index contributed by atoms with van der Waals surface area (Å²) in [6.07, 6.45) is 3.26. The fourth-order valence-electron chi connectivity index (χ4n) is 2.66. The predicted molar refractivity (Wildman–Crippen MR) is 73.7 cm³/mol. The van der Waals surface area contributed by atoms with Gasteiger partial charge in [0.25, 0.3) is 5.91 Å². The van der Waals surface area contributed by atoms with Crippen LogP contribution in [0.4, 0.5) is 0 Å². The largest absolute Gasteiger partial charge is 0.324 e. The summed E-state index contributed by atoms with van der Waals surface area (Å²) in [5.74, 6) is -0.152. The molecule has 1 amide bonds. The fraction of sp³-hybridized carbons (Fsp3) is 0.200. The van der Waals surface area contributed by atoms with E-state index < -0.39 is 5.66 Å². The van der Waals surface area contributed by atoms with Crippen LogP contribution in [0.25, 0.3) is 0 Å². The number of carbonyl (C=O) groups excluding carboxylic acids is 1. The molecule has 5 nitrogen and oxygen atoms in total. The summed E-state index contributed by atoms with van der Waals surface area (Å²) in [6, 6.07) is 11.6. The lowest BCUT2D eigenvalue weighted by Crippen LogP contribution is -2.52. The number of hydroxylamine groups is 2. The Morgan fingerprint density at radius 2 is 2.00 bits per heavy atom. The van der Waals surface area contributed by atoms with Gasteiger partial charge >= 0.3 is 0 Å². The zero-order valence-corrected chi connectivity index (χ0v) is 11.3. The highest BCUT2D eigenvalue weighted by molar-refractivity contribution is 6.00. The zero-order valence-electron chi connectivity index (χ0n) is 11.3. The number of rotatable bonds is 3. The third-order valence-electron chi connectivity index (χ3n) is 3.69. The Hall–Kier alpha value is -2.24. The van der Waals surface area contributed by atoms with Crippen LogP contribution in [0.3, 0.4) is 0 Å². The van der Waals surface area contributed by atoms with Crippen molar-refractivity contribution in [3.63, 3.8) is 0 Å². The first kappa shape index (κ1) is 12.8. The summed E-state index contributed by atoms with van der Waals surface area (Å²) in [7, 11) is 3.37. The van der Waals surface area contributed by atoms with Crippen LogP contribution in [0, 0.1) is 0 Å². The minimum absolute atomic E-state index is 0.152. The second-order valence-electron chi connectivity index (χ2n) is 4.63. The van der Waals surface area contributed by atoms with Crippen LogP contribution in [0.5, 0.6) is 0 Å². The van der Waals surface area contributed by atoms with Gasteiger partial charge in [-0.15, -0.1) is 0 Å². The van der Waals surface area contributed by atoms with Crippen molar-refractivity contribution in [1.82, 2.24) is 15.4 Å². The molecule has 0 bridgehead atoms. The molecule has 1 unspecified atom stereocenters. The average Bonchev–Trinajstić information content (AvgIpc) is 2.82. The maximum atomic E-state index is 12.2. The van der Waals surface area contributed by atoms with Gasteiger partial charge in [0.05, 0.1) is 12.7 Å². The van der Waals surface area contributed by atoms with Gasteiger partial charge < -0.3 is 5.32 Å². The minimum Gasteiger partial charge on any atom is -0.324 e. The Morgan fingerprint density at radius 1 is 1.25 bits per heavy atom. The summed E-state index contributed by atoms with van der Waals surface area (Å²) in [5.41, 5.74) is 1.52. The van der Waals surface area contributed by atoms with Crippen LogP contribution in [0.15, 0.2) is 48.8 Å². The number of aromatic nitrogens is 1. The van der Waals surface area contributed by atoms with E-state index in [1.165, 1.54) is 0 Å². The molecule has 1 aromatic carbocycles. The number of hydrogen-bond acceptors (Lipinski definition) is 4. The van der Waals surface area contributed by atoms with Crippen molar-refractivity contribution in [2.45, 2.75) is 5.66 Å². The predicted octanol–water partition coefficient (Wildman–Crippen LogP) is 1.52. The van der Waals surface area contributed by atoms with Gasteiger partial charge in [-0.2, -0.15) is 5.06 Å². The van der Waals surface area contributed by atoms with Crippen molar-refractivity contribution in [2.75, 3.05) is 14.2 Å². The van der Waals surface area contributed by atoms with Crippen LogP contribution in [-0.4, -0.2) is 30.1 Å². The van der Waals surface area contributed by atoms with Gasteiger partial charge in [0.1, 0.15) is 0 Å². The van der Waals surface area contributed by atoms with Gasteiger partial charge in [0.15, 0.2) is 5.66 Å². The Balaban J connectivity index is 2.27. The molecule has 2 aromatic rings. The van der Waals surface area contributed by atoms with E-state index in [4.69, 9.17) is 4.84 Å². The number of amides is 1. The third-order valence-corrected chi connectivity index (χ3v) is 3.69. The molecule has 0 saturated heterocycles. The van der Waals surface area contributed by atoms with Gasteiger partial charge in [-0.25, -0.2) is 0 Å². The summed E-state index contributed by atoms with van der Waals surface area (Å²) >= 11 is 0. The molecule has 1 N–H and O–H groups in total. The van der Waals surface area contributed by atoms with Crippen molar-refractivity contribution in [3.05, 3.63) is 65.5 Å². The molecule has 0 radical (unpaired) electrons. The highest BCUT2D eigenvalue weighted by Gasteiger charge is 2.48. The standard InChI is InChI=1S/C15H15N3O2/c1-18(20-2)15(11-6-4-3-5-7-11)13-8-9-16-10-12(13)14(19)17-15/h3-10H,1-2H3,(H,17,19). The molecular formula is C15H15N3O2. The van der Waals surface area contributed by atoms with E-state index in [-0.39, 0.29) is 5.91 Å². The molecule has 0 aliphatic carbocycles. The second kappa shape index (κ2) is 4.70. The van der Waals surface area contributed by atoms with Gasteiger partial charge in [0, 0.05) is 25.0 Å². The number of pyridine rings is 1. The summed E-state index contributed by atoms with van der Waals surface area (Å²) in [6.45, 7) is 0. The normalized spacial score (nSPS) is 20.9. The second-order valence-corrected chi connectivity index (χ2v) is 4.63. The monoisotopic (exact) mass is 269 g/mol. The lowest BCUT2D eigenvalue weighted by atomic mass is 9.92. The van der Waals surface area contributed by atoms with Crippen LogP contribution < -0.4 is 5.32 Å². The van der Waals surface area contributed by atoms with Gasteiger partial charge in [-0.05, 0) is 11.6 Å². The van der Waals surface area contributed by atoms with Crippen molar-refractivity contribution >= 4 is 5.91 Å². The first-order valence-electron chi connectivity index (χ1n) is 6.30. The van der Waals surface area contributed by atoms with Gasteiger partial charge in [-0.3, -0.25) is 14.6 Å². The Kier molecular flexibility index (Phi) is 3.00. The number of hydrogen-bond donors (Lipinski definition) is 1. The Labute approximate surface area is 117 Å². The van der Waals surface area contributed by atoms with E-state index in [1.54, 1.807) is 31.6 Å². The quantitative estimate of drug-likeness (QED) is 0.858. The smallest absolute Gasteiger partial charge is 0.255 e. The zero-order chi connectivity index (χ0) is 14.2. The molecule has 1 aromatic heterocycles. The van der Waals surface area contributed by atoms with Gasteiger partial charge in [0.2, 0.25) is 0 Å². The maximum absolute atomic E-state index is 12.2. The molecule has 1 aliphatic heterocycles. The molecule has 0 saturated carbocycles. The highest BCUT2D eigenvalue weighted by Crippen LogP contribution is 2.38. The van der Waals surface area contributed by atoms with Crippen molar-refractivity contribution in [3.8, 4) is 0 Å². The topological polar surface area (TPSA) is 54.5 Å². The van der Waals surface area contributed by atoms with Gasteiger partial charge in [-0.1, -0.05) is 30.3 Å². The maximum Gasteiger partial charge on any atom is 0.255 e. The van der Waals surface area contributed by atoms with Crippen LogP contribution in [0.1, 0.15) is 21.5 Å². The van der Waals surface area contributed by atoms with E-state index >= 15 is 0 Å². The van der Waals surface area contributed by atoms with E-state index in [2.05, 4.69) is 10.3 Å². The van der Waals surface area contributed by atoms with E-state index in [0.717, 1.165) is 11.1 Å². The molecule has 3 rings (SSSR count). The molecule has 0 fully saturated rings. The van der Waals surface area contributed by atoms with Crippen LogP contribution >= 0.6 is 0 Å². The number of nitrogens with one attached hydrogen (secondary N) is 1. The SMILES string of the molecule is CON(C)C1(c2ccccc2)NC(=O)c2cnccc21. The first-order valence-corrected chi connectivity index (χ1v) is 6.30. The van der Waals surface area contributed by atoms with E-state index in [9.17, 15) is 4.79 Å². The molecule has 2 heterocycles. The lowest BCUT2D eigenvalue weighted by Gasteiger charge is -2.37. The molecular weight excluding hydrogens is 254 g/mol. The minimum atomic E-state index is -0.828. The molecule has 0 spiro atoms. The number of nitrogens with zero attached hydrogens (tertiary/aromatic N) is 2. The van der Waals surface area contributed by atoms with Crippen LogP contribution in [0.2, 0.25) is 0 Å². The average molecular weight is 269 g/mol. The fourth-order valence-corrected chi connectivity index (χ4v) is 2.66. The third kappa shape index (κ3) is 1.64. The molecule has 1 aliphatic rings. The summed E-state index contributed by atoms with van der Waals surface area (Å²) in [5, 5.41) is 4.67. The summed E-state index contributed by atoms with van der Waals surface area (Å²) in [4.78, 5) is 21.7. The van der Waals surface area contributed by atoms with E-state index in [0.29, 0.717) is 5.56 Å². The van der Waals surface area contributed by atoms with Crippen molar-refractivity contribution in [2.24, 2.45) is 0 Å². The molecule has 20 heavy (non-hydrogen) atoms. The molecule has 102 valence electrons. The van der Waals surface area contributed by atoms with Crippen LogP contribution in [-0.2, 0) is 10.5 Å². The number of carbonyl (C=O) groups is 1.